The zero-order valence-electron chi connectivity index (χ0n) is 8.87. The number of halogens is 1. The zero-order valence-corrected chi connectivity index (χ0v) is 11.3. The van der Waals surface area contributed by atoms with Crippen LogP contribution in [0.5, 0.6) is 5.75 Å². The van der Waals surface area contributed by atoms with E-state index < -0.39 is 0 Å². The molecule has 1 heterocycles. The molecule has 0 spiro atoms. The van der Waals surface area contributed by atoms with E-state index in [4.69, 9.17) is 4.74 Å². The third-order valence-corrected chi connectivity index (χ3v) is 3.79. The average molecular weight is 298 g/mol. The maximum Gasteiger partial charge on any atom is 0.120 e. The number of benzene rings is 1. The average Bonchev–Trinajstić information content (AvgIpc) is 2.73. The summed E-state index contributed by atoms with van der Waals surface area (Å²) < 4.78 is 6.33. The molecular weight excluding hydrogens is 286 g/mol. The number of ether oxygens (including phenoxy) is 1. The fraction of sp³-hybridized carbons (Fsp3) is 0.167. The lowest BCUT2D eigenvalue weighted by atomic mass is 10.3. The SMILES string of the molecule is COc1cccc(NCc2ccc(Br)s2)c1. The van der Waals surface area contributed by atoms with E-state index >= 15 is 0 Å². The Morgan fingerprint density at radius 1 is 1.31 bits per heavy atom. The van der Waals surface area contributed by atoms with Crippen LogP contribution in [-0.2, 0) is 6.54 Å². The highest BCUT2D eigenvalue weighted by atomic mass is 79.9. The summed E-state index contributed by atoms with van der Waals surface area (Å²) in [7, 11) is 1.68. The first-order valence-electron chi connectivity index (χ1n) is 4.90. The van der Waals surface area contributed by atoms with Crippen molar-refractivity contribution in [2.75, 3.05) is 12.4 Å². The molecule has 1 aromatic heterocycles. The van der Waals surface area contributed by atoms with E-state index in [1.54, 1.807) is 18.4 Å². The van der Waals surface area contributed by atoms with Crippen LogP contribution in [-0.4, -0.2) is 7.11 Å². The van der Waals surface area contributed by atoms with Gasteiger partial charge in [0.25, 0.3) is 0 Å². The molecule has 4 heteroatoms. The summed E-state index contributed by atoms with van der Waals surface area (Å²) in [6, 6.07) is 12.1. The van der Waals surface area contributed by atoms with Gasteiger partial charge in [0, 0.05) is 23.2 Å². The zero-order chi connectivity index (χ0) is 11.4. The standard InChI is InChI=1S/C12H12BrNOS/c1-15-10-4-2-3-9(7-10)14-8-11-5-6-12(13)16-11/h2-7,14H,8H2,1H3. The van der Waals surface area contributed by atoms with Crippen molar-refractivity contribution >= 4 is 33.0 Å². The van der Waals surface area contributed by atoms with Crippen LogP contribution in [0.3, 0.4) is 0 Å². The van der Waals surface area contributed by atoms with Gasteiger partial charge in [0.15, 0.2) is 0 Å². The Labute approximate surface area is 107 Å². The van der Waals surface area contributed by atoms with Gasteiger partial charge in [-0.15, -0.1) is 11.3 Å². The molecule has 0 aliphatic rings. The van der Waals surface area contributed by atoms with Gasteiger partial charge < -0.3 is 10.1 Å². The van der Waals surface area contributed by atoms with Gasteiger partial charge >= 0.3 is 0 Å². The van der Waals surface area contributed by atoms with Crippen LogP contribution < -0.4 is 10.1 Å². The van der Waals surface area contributed by atoms with Crippen molar-refractivity contribution in [1.82, 2.24) is 0 Å². The first kappa shape index (κ1) is 11.5. The largest absolute Gasteiger partial charge is 0.497 e. The molecule has 0 bridgehead atoms. The Bertz CT molecular complexity index is 470. The molecule has 0 atom stereocenters. The van der Waals surface area contributed by atoms with Crippen molar-refractivity contribution in [1.29, 1.82) is 0 Å². The fourth-order valence-electron chi connectivity index (χ4n) is 1.37. The van der Waals surface area contributed by atoms with Crippen LogP contribution in [0.15, 0.2) is 40.2 Å². The minimum absolute atomic E-state index is 0.837. The lowest BCUT2D eigenvalue weighted by Gasteiger charge is -2.06. The van der Waals surface area contributed by atoms with Gasteiger partial charge in [0.2, 0.25) is 0 Å². The maximum atomic E-state index is 5.17. The fourth-order valence-corrected chi connectivity index (χ4v) is 2.79. The molecule has 0 saturated carbocycles. The molecule has 0 aliphatic heterocycles. The molecule has 0 unspecified atom stereocenters. The van der Waals surface area contributed by atoms with Crippen LogP contribution in [0.1, 0.15) is 4.88 Å². The van der Waals surface area contributed by atoms with Crippen molar-refractivity contribution in [2.24, 2.45) is 0 Å². The van der Waals surface area contributed by atoms with Crippen LogP contribution in [0.2, 0.25) is 0 Å². The molecule has 1 N–H and O–H groups in total. The molecule has 0 aliphatic carbocycles. The molecule has 0 fully saturated rings. The minimum Gasteiger partial charge on any atom is -0.497 e. The Hall–Kier alpha value is -1.000. The van der Waals surface area contributed by atoms with Crippen LogP contribution in [0, 0.1) is 0 Å². The number of hydrogen-bond donors (Lipinski definition) is 1. The Kier molecular flexibility index (Phi) is 3.85. The van der Waals surface area contributed by atoms with Crippen molar-refractivity contribution in [2.45, 2.75) is 6.54 Å². The van der Waals surface area contributed by atoms with Gasteiger partial charge in [0.1, 0.15) is 5.75 Å². The summed E-state index contributed by atoms with van der Waals surface area (Å²) in [5.74, 6) is 0.873. The molecule has 84 valence electrons. The highest BCUT2D eigenvalue weighted by Gasteiger charge is 1.98. The van der Waals surface area contributed by atoms with Crippen LogP contribution in [0.4, 0.5) is 5.69 Å². The third-order valence-electron chi connectivity index (χ3n) is 2.17. The van der Waals surface area contributed by atoms with Crippen molar-refractivity contribution in [3.8, 4) is 5.75 Å². The number of methoxy groups -OCH3 is 1. The van der Waals surface area contributed by atoms with Gasteiger partial charge in [-0.05, 0) is 40.2 Å². The summed E-state index contributed by atoms with van der Waals surface area (Å²) >= 11 is 5.19. The normalized spacial score (nSPS) is 10.1. The molecule has 2 aromatic rings. The number of thiophene rings is 1. The monoisotopic (exact) mass is 297 g/mol. The molecule has 2 rings (SSSR count). The van der Waals surface area contributed by atoms with E-state index in [9.17, 15) is 0 Å². The van der Waals surface area contributed by atoms with E-state index in [-0.39, 0.29) is 0 Å². The molecule has 0 saturated heterocycles. The molecule has 0 amide bonds. The van der Waals surface area contributed by atoms with Gasteiger partial charge in [-0.25, -0.2) is 0 Å². The number of rotatable bonds is 4. The van der Waals surface area contributed by atoms with E-state index in [1.165, 1.54) is 4.88 Å². The highest BCUT2D eigenvalue weighted by Crippen LogP contribution is 2.23. The topological polar surface area (TPSA) is 21.3 Å². The predicted molar refractivity (Wildman–Crippen MR) is 72.3 cm³/mol. The summed E-state index contributed by atoms with van der Waals surface area (Å²) in [5, 5.41) is 3.36. The summed E-state index contributed by atoms with van der Waals surface area (Å²) in [5.41, 5.74) is 1.07. The smallest absolute Gasteiger partial charge is 0.120 e. The van der Waals surface area contributed by atoms with Gasteiger partial charge in [0.05, 0.1) is 10.9 Å². The van der Waals surface area contributed by atoms with E-state index in [0.29, 0.717) is 0 Å². The molecule has 0 radical (unpaired) electrons. The molecular formula is C12H12BrNOS. The highest BCUT2D eigenvalue weighted by molar-refractivity contribution is 9.11. The second-order valence-corrected chi connectivity index (χ2v) is 5.84. The van der Waals surface area contributed by atoms with Crippen molar-refractivity contribution < 1.29 is 4.74 Å². The van der Waals surface area contributed by atoms with Crippen molar-refractivity contribution in [3.05, 3.63) is 45.1 Å². The predicted octanol–water partition coefficient (Wildman–Crippen LogP) is 4.13. The third kappa shape index (κ3) is 3.00. The van der Waals surface area contributed by atoms with E-state index in [1.807, 2.05) is 24.3 Å². The maximum absolute atomic E-state index is 5.17. The number of hydrogen-bond acceptors (Lipinski definition) is 3. The Balaban J connectivity index is 1.99. The lowest BCUT2D eigenvalue weighted by Crippen LogP contribution is -1.97. The van der Waals surface area contributed by atoms with Crippen LogP contribution >= 0.6 is 27.3 Å². The van der Waals surface area contributed by atoms with E-state index in [2.05, 4.69) is 33.4 Å². The second-order valence-electron chi connectivity index (χ2n) is 3.29. The molecule has 2 nitrogen and oxygen atoms in total. The summed E-state index contributed by atoms with van der Waals surface area (Å²) in [4.78, 5) is 1.30. The number of anilines is 1. The summed E-state index contributed by atoms with van der Waals surface area (Å²) in [6.45, 7) is 0.837. The second kappa shape index (κ2) is 5.37. The quantitative estimate of drug-likeness (QED) is 0.916. The minimum atomic E-state index is 0.837. The Morgan fingerprint density at radius 3 is 2.88 bits per heavy atom. The van der Waals surface area contributed by atoms with Crippen molar-refractivity contribution in [3.63, 3.8) is 0 Å². The van der Waals surface area contributed by atoms with Crippen LogP contribution in [0.25, 0.3) is 0 Å². The first-order chi connectivity index (χ1) is 7.78. The molecule has 16 heavy (non-hydrogen) atoms. The lowest BCUT2D eigenvalue weighted by molar-refractivity contribution is 0.415. The summed E-state index contributed by atoms with van der Waals surface area (Å²) in [6.07, 6.45) is 0. The Morgan fingerprint density at radius 2 is 2.19 bits per heavy atom. The first-order valence-corrected chi connectivity index (χ1v) is 6.51. The van der Waals surface area contributed by atoms with Gasteiger partial charge in [-0.3, -0.25) is 0 Å². The molecule has 1 aromatic carbocycles. The van der Waals surface area contributed by atoms with Gasteiger partial charge in [-0.1, -0.05) is 6.07 Å². The van der Waals surface area contributed by atoms with Gasteiger partial charge in [-0.2, -0.15) is 0 Å². The van der Waals surface area contributed by atoms with E-state index in [0.717, 1.165) is 21.8 Å². The number of nitrogens with one attached hydrogen (secondary N) is 1.